The summed E-state index contributed by atoms with van der Waals surface area (Å²) >= 11 is 2.87. The van der Waals surface area contributed by atoms with Crippen LogP contribution >= 0.6 is 15.9 Å². The van der Waals surface area contributed by atoms with Gasteiger partial charge in [0.05, 0.1) is 12.7 Å². The van der Waals surface area contributed by atoms with Crippen LogP contribution in [0.3, 0.4) is 0 Å². The predicted octanol–water partition coefficient (Wildman–Crippen LogP) is 4.38. The van der Waals surface area contributed by atoms with Crippen LogP contribution in [0.15, 0.2) is 22.7 Å². The van der Waals surface area contributed by atoms with E-state index in [0.717, 1.165) is 19.2 Å². The second-order valence-corrected chi connectivity index (χ2v) is 4.64. The maximum absolute atomic E-state index is 12.5. The first kappa shape index (κ1) is 16.8. The number of carbonyl (C=O) groups is 1. The number of ketones is 1. The maximum Gasteiger partial charge on any atom is 0.407 e. The van der Waals surface area contributed by atoms with Crippen LogP contribution in [-0.4, -0.2) is 25.2 Å². The molecule has 112 valence electrons. The van der Waals surface area contributed by atoms with Crippen molar-refractivity contribution in [2.75, 3.05) is 7.11 Å². The molecule has 1 rings (SSSR count). The van der Waals surface area contributed by atoms with Gasteiger partial charge in [-0.05, 0) is 18.2 Å². The Bertz CT molecular complexity index is 495. The van der Waals surface area contributed by atoms with E-state index in [4.69, 9.17) is 0 Å². The van der Waals surface area contributed by atoms with Crippen LogP contribution in [0.5, 0.6) is 5.75 Å². The number of alkyl halides is 6. The van der Waals surface area contributed by atoms with Crippen molar-refractivity contribution in [1.29, 1.82) is 0 Å². The molecule has 20 heavy (non-hydrogen) atoms. The Labute approximate surface area is 117 Å². The third kappa shape index (κ3) is 3.65. The number of methoxy groups -OCH3 is 1. The molecule has 9 heteroatoms. The summed E-state index contributed by atoms with van der Waals surface area (Å²) in [5.41, 5.74) is -0.790. The standard InChI is InChI=1S/C11H7BrF6O2/c1-20-7-3-2-5(12)4-6(7)8(19)9(10(13,14)15)11(16,17)18/h2-4,9H,1H3. The van der Waals surface area contributed by atoms with Crippen LogP contribution in [-0.2, 0) is 0 Å². The largest absolute Gasteiger partial charge is 0.496 e. The molecule has 0 radical (unpaired) electrons. The number of benzene rings is 1. The van der Waals surface area contributed by atoms with Gasteiger partial charge in [-0.3, -0.25) is 4.79 Å². The second kappa shape index (κ2) is 5.63. The lowest BCUT2D eigenvalue weighted by atomic mass is 9.95. The lowest BCUT2D eigenvalue weighted by molar-refractivity contribution is -0.264. The molecule has 0 aliphatic rings. The molecule has 0 aromatic heterocycles. The van der Waals surface area contributed by atoms with Gasteiger partial charge in [-0.1, -0.05) is 15.9 Å². The number of halogens is 7. The molecule has 0 unspecified atom stereocenters. The minimum atomic E-state index is -5.73. The van der Waals surface area contributed by atoms with Crippen molar-refractivity contribution in [3.63, 3.8) is 0 Å². The Morgan fingerprint density at radius 1 is 1.15 bits per heavy atom. The first-order valence-electron chi connectivity index (χ1n) is 4.99. The minimum Gasteiger partial charge on any atom is -0.496 e. The minimum absolute atomic E-state index is 0.157. The number of Topliss-reactive ketones (excluding diaryl/α,β-unsaturated/α-hetero) is 1. The smallest absolute Gasteiger partial charge is 0.407 e. The SMILES string of the molecule is COc1ccc(Br)cc1C(=O)C(C(F)(F)F)C(F)(F)F. The van der Waals surface area contributed by atoms with Gasteiger partial charge in [0.1, 0.15) is 5.75 Å². The molecule has 0 aliphatic carbocycles. The molecule has 0 spiro atoms. The summed E-state index contributed by atoms with van der Waals surface area (Å²) in [6.07, 6.45) is -11.5. The summed E-state index contributed by atoms with van der Waals surface area (Å²) in [6.45, 7) is 0. The number of hydrogen-bond donors (Lipinski definition) is 0. The van der Waals surface area contributed by atoms with E-state index in [-0.39, 0.29) is 10.2 Å². The predicted molar refractivity (Wildman–Crippen MR) is 60.6 cm³/mol. The number of carbonyl (C=O) groups excluding carboxylic acids is 1. The lowest BCUT2D eigenvalue weighted by Crippen LogP contribution is -2.42. The van der Waals surface area contributed by atoms with Crippen molar-refractivity contribution in [2.24, 2.45) is 5.92 Å². The molecule has 1 aromatic rings. The Balaban J connectivity index is 3.37. The second-order valence-electron chi connectivity index (χ2n) is 3.73. The van der Waals surface area contributed by atoms with Crippen LogP contribution in [0.1, 0.15) is 10.4 Å². The van der Waals surface area contributed by atoms with Crippen molar-refractivity contribution in [2.45, 2.75) is 12.4 Å². The van der Waals surface area contributed by atoms with E-state index >= 15 is 0 Å². The molecule has 0 saturated heterocycles. The molecule has 1 aromatic carbocycles. The zero-order valence-corrected chi connectivity index (χ0v) is 11.4. The Morgan fingerprint density at radius 3 is 2.05 bits per heavy atom. The van der Waals surface area contributed by atoms with Gasteiger partial charge in [0.15, 0.2) is 5.78 Å². The van der Waals surface area contributed by atoms with Crippen molar-refractivity contribution < 1.29 is 35.9 Å². The Morgan fingerprint density at radius 2 is 1.65 bits per heavy atom. The van der Waals surface area contributed by atoms with Crippen LogP contribution < -0.4 is 4.74 Å². The van der Waals surface area contributed by atoms with E-state index in [9.17, 15) is 31.1 Å². The van der Waals surface area contributed by atoms with Gasteiger partial charge in [0.25, 0.3) is 0 Å². The molecule has 0 saturated carbocycles. The van der Waals surface area contributed by atoms with E-state index < -0.39 is 29.6 Å². The average molecular weight is 365 g/mol. The van der Waals surface area contributed by atoms with Gasteiger partial charge in [-0.25, -0.2) is 0 Å². The van der Waals surface area contributed by atoms with Gasteiger partial charge in [0.2, 0.25) is 5.92 Å². The highest BCUT2D eigenvalue weighted by atomic mass is 79.9. The van der Waals surface area contributed by atoms with Crippen molar-refractivity contribution in [1.82, 2.24) is 0 Å². The third-order valence-corrected chi connectivity index (χ3v) is 2.84. The summed E-state index contributed by atoms with van der Waals surface area (Å²) in [4.78, 5) is 11.6. The zero-order chi connectivity index (χ0) is 15.7. The molecular formula is C11H7BrF6O2. The molecule has 0 fully saturated rings. The topological polar surface area (TPSA) is 26.3 Å². The van der Waals surface area contributed by atoms with Crippen molar-refractivity contribution in [3.05, 3.63) is 28.2 Å². The van der Waals surface area contributed by atoms with Crippen LogP contribution in [0.25, 0.3) is 0 Å². The molecule has 2 nitrogen and oxygen atoms in total. The number of hydrogen-bond acceptors (Lipinski definition) is 2. The normalized spacial score (nSPS) is 12.7. The van der Waals surface area contributed by atoms with E-state index in [1.807, 2.05) is 0 Å². The summed E-state index contributed by atoms with van der Waals surface area (Å²) < 4.78 is 79.7. The van der Waals surface area contributed by atoms with Crippen LogP contribution in [0.2, 0.25) is 0 Å². The fourth-order valence-corrected chi connectivity index (χ4v) is 1.87. The summed E-state index contributed by atoms with van der Waals surface area (Å²) in [5, 5.41) is 0. The molecule has 0 atom stereocenters. The van der Waals surface area contributed by atoms with E-state index in [2.05, 4.69) is 20.7 Å². The van der Waals surface area contributed by atoms with Crippen molar-refractivity contribution in [3.8, 4) is 5.75 Å². The van der Waals surface area contributed by atoms with E-state index in [1.54, 1.807) is 0 Å². The summed E-state index contributed by atoms with van der Waals surface area (Å²) in [6, 6.07) is 3.28. The molecule has 0 heterocycles. The van der Waals surface area contributed by atoms with Crippen LogP contribution in [0, 0.1) is 5.92 Å². The highest BCUT2D eigenvalue weighted by Gasteiger charge is 2.61. The maximum atomic E-state index is 12.5. The Hall–Kier alpha value is -1.25. The average Bonchev–Trinajstić information content (AvgIpc) is 2.24. The fraction of sp³-hybridized carbons (Fsp3) is 0.364. The van der Waals surface area contributed by atoms with Gasteiger partial charge < -0.3 is 4.74 Å². The molecular weight excluding hydrogens is 358 g/mol. The number of rotatable bonds is 3. The fourth-order valence-electron chi connectivity index (χ4n) is 1.51. The van der Waals surface area contributed by atoms with Gasteiger partial charge >= 0.3 is 12.4 Å². The lowest BCUT2D eigenvalue weighted by Gasteiger charge is -2.22. The van der Waals surface area contributed by atoms with E-state index in [0.29, 0.717) is 0 Å². The third-order valence-electron chi connectivity index (χ3n) is 2.34. The van der Waals surface area contributed by atoms with E-state index in [1.165, 1.54) is 6.07 Å². The monoisotopic (exact) mass is 364 g/mol. The summed E-state index contributed by atoms with van der Waals surface area (Å²) in [7, 11) is 1.04. The molecule has 0 bridgehead atoms. The van der Waals surface area contributed by atoms with Gasteiger partial charge in [-0.15, -0.1) is 0 Å². The van der Waals surface area contributed by atoms with Gasteiger partial charge in [0, 0.05) is 4.47 Å². The first-order valence-corrected chi connectivity index (χ1v) is 5.79. The van der Waals surface area contributed by atoms with Crippen LogP contribution in [0.4, 0.5) is 26.3 Å². The number of ether oxygens (including phenoxy) is 1. The highest BCUT2D eigenvalue weighted by molar-refractivity contribution is 9.10. The zero-order valence-electron chi connectivity index (χ0n) is 9.77. The molecule has 0 aliphatic heterocycles. The molecule has 0 amide bonds. The molecule has 0 N–H and O–H groups in total. The quantitative estimate of drug-likeness (QED) is 0.587. The van der Waals surface area contributed by atoms with Gasteiger partial charge in [-0.2, -0.15) is 26.3 Å². The van der Waals surface area contributed by atoms with Crippen molar-refractivity contribution >= 4 is 21.7 Å². The highest BCUT2D eigenvalue weighted by Crippen LogP contribution is 2.42. The summed E-state index contributed by atoms with van der Waals surface area (Å²) in [5.74, 6) is -6.56. The first-order chi connectivity index (χ1) is 8.98. The Kier molecular flexibility index (Phi) is 4.73.